The van der Waals surface area contributed by atoms with Crippen LogP contribution >= 0.6 is 22.6 Å². The zero-order valence-electron chi connectivity index (χ0n) is 10.6. The van der Waals surface area contributed by atoms with Crippen molar-refractivity contribution < 1.29 is 19.8 Å². The van der Waals surface area contributed by atoms with Crippen LogP contribution in [0.25, 0.3) is 0 Å². The molecule has 0 aromatic heterocycles. The van der Waals surface area contributed by atoms with Crippen LogP contribution in [-0.2, 0) is 9.59 Å². The fraction of sp³-hybridized carbons (Fsp3) is 0.385. The van der Waals surface area contributed by atoms with Gasteiger partial charge >= 0.3 is 5.97 Å². The zero-order valence-corrected chi connectivity index (χ0v) is 12.8. The van der Waals surface area contributed by atoms with Crippen molar-refractivity contribution in [3.8, 4) is 0 Å². The molecule has 1 aromatic rings. The van der Waals surface area contributed by atoms with Gasteiger partial charge < -0.3 is 15.5 Å². The van der Waals surface area contributed by atoms with Gasteiger partial charge in [0.15, 0.2) is 0 Å². The van der Waals surface area contributed by atoms with E-state index in [1.54, 1.807) is 6.07 Å². The summed E-state index contributed by atoms with van der Waals surface area (Å²) in [7, 11) is 0. The van der Waals surface area contributed by atoms with Crippen molar-refractivity contribution in [3.05, 3.63) is 27.8 Å². The second-order valence-electron chi connectivity index (χ2n) is 4.73. The van der Waals surface area contributed by atoms with Gasteiger partial charge in [-0.15, -0.1) is 0 Å². The lowest BCUT2D eigenvalue weighted by atomic mass is 10.2. The Balaban J connectivity index is 1.95. The van der Waals surface area contributed by atoms with Gasteiger partial charge in [0, 0.05) is 22.2 Å². The third-order valence-corrected chi connectivity index (χ3v) is 3.79. The number of β-amino-alcohol motifs (C(OH)–C–C–N with tert-alkyl or cyclic N) is 1. The second kappa shape index (κ2) is 6.51. The van der Waals surface area contributed by atoms with Crippen LogP contribution in [0, 0.1) is 3.57 Å². The summed E-state index contributed by atoms with van der Waals surface area (Å²) in [5.74, 6) is -1.30. The van der Waals surface area contributed by atoms with Crippen molar-refractivity contribution in [2.75, 3.05) is 18.4 Å². The maximum absolute atomic E-state index is 11.9. The lowest BCUT2D eigenvalue weighted by Crippen LogP contribution is -2.41. The fourth-order valence-electron chi connectivity index (χ4n) is 2.26. The lowest BCUT2D eigenvalue weighted by molar-refractivity contribution is -0.142. The molecule has 2 atom stereocenters. The number of nitrogens with one attached hydrogen (secondary N) is 1. The summed E-state index contributed by atoms with van der Waals surface area (Å²) in [4.78, 5) is 24.5. The molecule has 1 aliphatic heterocycles. The highest BCUT2D eigenvalue weighted by molar-refractivity contribution is 14.1. The highest BCUT2D eigenvalue weighted by Gasteiger charge is 2.36. The largest absolute Gasteiger partial charge is 0.480 e. The molecule has 6 nitrogen and oxygen atoms in total. The SMILES string of the molecule is O=C(CN1CC(O)CC1C(=O)O)Nc1cccc(I)c1. The smallest absolute Gasteiger partial charge is 0.321 e. The lowest BCUT2D eigenvalue weighted by Gasteiger charge is -2.19. The number of carbonyl (C=O) groups excluding carboxylic acids is 1. The molecule has 2 rings (SSSR count). The molecular formula is C13H15IN2O4. The van der Waals surface area contributed by atoms with Crippen LogP contribution in [0.15, 0.2) is 24.3 Å². The minimum Gasteiger partial charge on any atom is -0.480 e. The number of anilines is 1. The van der Waals surface area contributed by atoms with Gasteiger partial charge in [0.2, 0.25) is 5.91 Å². The van der Waals surface area contributed by atoms with E-state index in [0.717, 1.165) is 3.57 Å². The third-order valence-electron chi connectivity index (χ3n) is 3.12. The van der Waals surface area contributed by atoms with Crippen LogP contribution in [-0.4, -0.2) is 52.2 Å². The minimum atomic E-state index is -1.01. The van der Waals surface area contributed by atoms with Crippen LogP contribution in [0.2, 0.25) is 0 Å². The number of aliphatic hydroxyl groups is 1. The molecule has 0 radical (unpaired) electrons. The molecule has 0 spiro atoms. The number of benzene rings is 1. The van der Waals surface area contributed by atoms with Gasteiger partial charge in [-0.25, -0.2) is 0 Å². The van der Waals surface area contributed by atoms with Gasteiger partial charge in [-0.3, -0.25) is 14.5 Å². The third kappa shape index (κ3) is 3.90. The molecule has 0 aliphatic carbocycles. The monoisotopic (exact) mass is 390 g/mol. The predicted molar refractivity (Wildman–Crippen MR) is 81.4 cm³/mol. The molecule has 3 N–H and O–H groups in total. The Kier molecular flexibility index (Phi) is 4.95. The molecular weight excluding hydrogens is 375 g/mol. The molecule has 2 unspecified atom stereocenters. The fourth-order valence-corrected chi connectivity index (χ4v) is 2.81. The van der Waals surface area contributed by atoms with Crippen LogP contribution < -0.4 is 5.32 Å². The number of carboxylic acid groups (broad SMARTS) is 1. The first-order chi connectivity index (χ1) is 9.45. The van der Waals surface area contributed by atoms with E-state index in [1.165, 1.54) is 4.90 Å². The Morgan fingerprint density at radius 2 is 2.20 bits per heavy atom. The highest BCUT2D eigenvalue weighted by atomic mass is 127. The zero-order chi connectivity index (χ0) is 14.7. The normalized spacial score (nSPS) is 22.7. The Hall–Kier alpha value is -1.19. The van der Waals surface area contributed by atoms with E-state index in [-0.39, 0.29) is 25.4 Å². The van der Waals surface area contributed by atoms with E-state index in [2.05, 4.69) is 27.9 Å². The van der Waals surface area contributed by atoms with E-state index in [4.69, 9.17) is 5.11 Å². The Bertz CT molecular complexity index is 523. The second-order valence-corrected chi connectivity index (χ2v) is 5.98. The van der Waals surface area contributed by atoms with Gasteiger partial charge in [0.1, 0.15) is 6.04 Å². The number of aliphatic carboxylic acids is 1. The Labute approximate surface area is 129 Å². The molecule has 1 aliphatic rings. The predicted octanol–water partition coefficient (Wildman–Crippen LogP) is 0.750. The number of rotatable bonds is 4. The summed E-state index contributed by atoms with van der Waals surface area (Å²) in [5.41, 5.74) is 0.675. The summed E-state index contributed by atoms with van der Waals surface area (Å²) in [6.45, 7) is 0.163. The van der Waals surface area contributed by atoms with E-state index >= 15 is 0 Å². The van der Waals surface area contributed by atoms with Crippen molar-refractivity contribution in [2.45, 2.75) is 18.6 Å². The number of hydrogen-bond acceptors (Lipinski definition) is 4. The average molecular weight is 390 g/mol. The van der Waals surface area contributed by atoms with Gasteiger partial charge in [-0.1, -0.05) is 6.07 Å². The minimum absolute atomic E-state index is 0.0422. The molecule has 1 heterocycles. The number of nitrogens with zero attached hydrogens (tertiary/aromatic N) is 1. The van der Waals surface area contributed by atoms with E-state index in [9.17, 15) is 14.7 Å². The molecule has 20 heavy (non-hydrogen) atoms. The van der Waals surface area contributed by atoms with Crippen LogP contribution in [0.5, 0.6) is 0 Å². The van der Waals surface area contributed by atoms with Gasteiger partial charge in [-0.05, 0) is 40.8 Å². The first kappa shape index (κ1) is 15.2. The molecule has 108 valence electrons. The number of halogens is 1. The molecule has 1 fully saturated rings. The summed E-state index contributed by atoms with van der Waals surface area (Å²) < 4.78 is 1.00. The molecule has 0 bridgehead atoms. The first-order valence-electron chi connectivity index (χ1n) is 6.16. The van der Waals surface area contributed by atoms with Gasteiger partial charge in [0.05, 0.1) is 12.6 Å². The molecule has 1 amide bonds. The summed E-state index contributed by atoms with van der Waals surface area (Å²) in [6, 6.07) is 6.54. The van der Waals surface area contributed by atoms with Gasteiger partial charge in [-0.2, -0.15) is 0 Å². The molecule has 1 aromatic carbocycles. The summed E-state index contributed by atoms with van der Waals surface area (Å²) >= 11 is 2.14. The number of carbonyl (C=O) groups is 2. The quantitative estimate of drug-likeness (QED) is 0.661. The van der Waals surface area contributed by atoms with Crippen molar-refractivity contribution in [3.63, 3.8) is 0 Å². The maximum atomic E-state index is 11.9. The van der Waals surface area contributed by atoms with Crippen LogP contribution in [0.4, 0.5) is 5.69 Å². The standard InChI is InChI=1S/C13H15IN2O4/c14-8-2-1-3-9(4-8)15-12(18)7-16-6-10(17)5-11(16)13(19)20/h1-4,10-11,17H,5-7H2,(H,15,18)(H,19,20). The van der Waals surface area contributed by atoms with Crippen molar-refractivity contribution >= 4 is 40.2 Å². The molecule has 1 saturated heterocycles. The summed E-state index contributed by atoms with van der Waals surface area (Å²) in [6.07, 6.45) is -0.534. The van der Waals surface area contributed by atoms with E-state index < -0.39 is 18.1 Å². The van der Waals surface area contributed by atoms with Crippen molar-refractivity contribution in [1.29, 1.82) is 0 Å². The molecule has 0 saturated carbocycles. The van der Waals surface area contributed by atoms with Crippen LogP contribution in [0.3, 0.4) is 0 Å². The number of hydrogen-bond donors (Lipinski definition) is 3. The maximum Gasteiger partial charge on any atom is 0.321 e. The Morgan fingerprint density at radius 3 is 2.85 bits per heavy atom. The first-order valence-corrected chi connectivity index (χ1v) is 7.24. The molecule has 7 heteroatoms. The van der Waals surface area contributed by atoms with E-state index in [1.807, 2.05) is 18.2 Å². The summed E-state index contributed by atoms with van der Waals surface area (Å²) in [5, 5.41) is 21.3. The average Bonchev–Trinajstić information content (AvgIpc) is 2.70. The number of aliphatic hydroxyl groups excluding tert-OH is 1. The van der Waals surface area contributed by atoms with Crippen LogP contribution in [0.1, 0.15) is 6.42 Å². The van der Waals surface area contributed by atoms with Crippen molar-refractivity contribution in [1.82, 2.24) is 4.90 Å². The van der Waals surface area contributed by atoms with E-state index in [0.29, 0.717) is 5.69 Å². The number of carboxylic acids is 1. The number of amides is 1. The Morgan fingerprint density at radius 1 is 1.45 bits per heavy atom. The van der Waals surface area contributed by atoms with Gasteiger partial charge in [0.25, 0.3) is 0 Å². The highest BCUT2D eigenvalue weighted by Crippen LogP contribution is 2.18. The number of likely N-dealkylation sites (tertiary alicyclic amines) is 1. The topological polar surface area (TPSA) is 89.9 Å². The van der Waals surface area contributed by atoms with Crippen molar-refractivity contribution in [2.24, 2.45) is 0 Å².